The van der Waals surface area contributed by atoms with Gasteiger partial charge in [0.05, 0.1) is 5.36 Å². The molecule has 130 valence electrons. The number of anilines is 2. The summed E-state index contributed by atoms with van der Waals surface area (Å²) in [5.41, 5.74) is 3.75. The summed E-state index contributed by atoms with van der Waals surface area (Å²) in [5.74, 6) is 0.945. The maximum absolute atomic E-state index is 6.07. The molecule has 0 aliphatic carbocycles. The van der Waals surface area contributed by atoms with Gasteiger partial charge in [0.15, 0.2) is 0 Å². The fraction of sp³-hybridized carbons (Fsp3) is 0.381. The van der Waals surface area contributed by atoms with Gasteiger partial charge < -0.3 is 10.2 Å². The van der Waals surface area contributed by atoms with E-state index in [1.54, 1.807) is 0 Å². The maximum Gasteiger partial charge on any atom is 0.128 e. The molecule has 2 aliphatic heterocycles. The van der Waals surface area contributed by atoms with Crippen LogP contribution in [0.5, 0.6) is 0 Å². The van der Waals surface area contributed by atoms with Crippen LogP contribution in [0.4, 0.5) is 11.4 Å². The molecule has 3 nitrogen and oxygen atoms in total. The molecule has 0 saturated heterocycles. The Hall–Kier alpha value is -2.00. The Balaban J connectivity index is 1.91. The van der Waals surface area contributed by atoms with Crippen LogP contribution in [-0.4, -0.2) is 12.7 Å². The molecule has 2 heterocycles. The van der Waals surface area contributed by atoms with Gasteiger partial charge in [0.1, 0.15) is 6.17 Å². The standard InChI is InChI=1S/C21H24ClN3/c1-13(2)21-24-20-15(4-9-18-19(20)14(3)10-11-23-18)12-25(21)17-7-5-16(22)6-8-17/h4-9,12-14,21,23H,10-11H2,1-3H3. The van der Waals surface area contributed by atoms with Crippen LogP contribution in [-0.2, 0) is 0 Å². The number of fused-ring (bicyclic) bond motifs is 3. The van der Waals surface area contributed by atoms with Gasteiger partial charge in [-0.05, 0) is 54.7 Å². The van der Waals surface area contributed by atoms with Gasteiger partial charge in [0.25, 0.3) is 0 Å². The molecule has 1 N–H and O–H groups in total. The molecule has 25 heavy (non-hydrogen) atoms. The summed E-state index contributed by atoms with van der Waals surface area (Å²) in [6, 6.07) is 12.4. The monoisotopic (exact) mass is 353 g/mol. The summed E-state index contributed by atoms with van der Waals surface area (Å²) >= 11 is 6.07. The third-order valence-electron chi connectivity index (χ3n) is 5.18. The van der Waals surface area contributed by atoms with Crippen molar-refractivity contribution in [2.24, 2.45) is 10.9 Å². The highest BCUT2D eigenvalue weighted by Crippen LogP contribution is 2.29. The van der Waals surface area contributed by atoms with Crippen LogP contribution in [0.25, 0.3) is 6.20 Å². The molecular formula is C21H24ClN3. The van der Waals surface area contributed by atoms with E-state index in [9.17, 15) is 0 Å². The molecule has 2 atom stereocenters. The lowest BCUT2D eigenvalue weighted by atomic mass is 9.91. The highest BCUT2D eigenvalue weighted by molar-refractivity contribution is 6.30. The average molecular weight is 354 g/mol. The van der Waals surface area contributed by atoms with E-state index in [1.165, 1.54) is 21.8 Å². The fourth-order valence-electron chi connectivity index (χ4n) is 3.83. The summed E-state index contributed by atoms with van der Waals surface area (Å²) in [4.78, 5) is 7.48. The molecule has 2 aliphatic rings. The van der Waals surface area contributed by atoms with Gasteiger partial charge in [-0.2, -0.15) is 0 Å². The Morgan fingerprint density at radius 3 is 2.64 bits per heavy atom. The van der Waals surface area contributed by atoms with Crippen molar-refractivity contribution < 1.29 is 0 Å². The van der Waals surface area contributed by atoms with Crippen molar-refractivity contribution in [3.05, 3.63) is 57.6 Å². The SMILES string of the molecule is CC1CCNc2ccc3c(c21)=NC(C(C)C)N(c1ccc(Cl)cc1)C=3. The molecule has 0 radical (unpaired) electrons. The number of rotatable bonds is 2. The molecule has 0 amide bonds. The van der Waals surface area contributed by atoms with E-state index in [4.69, 9.17) is 16.6 Å². The topological polar surface area (TPSA) is 27.6 Å². The third kappa shape index (κ3) is 2.91. The lowest BCUT2D eigenvalue weighted by molar-refractivity contribution is 0.489. The number of halogens is 1. The van der Waals surface area contributed by atoms with Gasteiger partial charge in [-0.15, -0.1) is 0 Å². The zero-order valence-corrected chi connectivity index (χ0v) is 15.7. The van der Waals surface area contributed by atoms with Gasteiger partial charge >= 0.3 is 0 Å². The Morgan fingerprint density at radius 1 is 1.16 bits per heavy atom. The van der Waals surface area contributed by atoms with Crippen molar-refractivity contribution in [3.8, 4) is 0 Å². The van der Waals surface area contributed by atoms with E-state index in [1.807, 2.05) is 12.1 Å². The summed E-state index contributed by atoms with van der Waals surface area (Å²) in [6.45, 7) is 7.81. The number of benzene rings is 2. The number of nitrogens with one attached hydrogen (secondary N) is 1. The van der Waals surface area contributed by atoms with E-state index in [2.05, 4.69) is 61.5 Å². The zero-order chi connectivity index (χ0) is 17.6. The summed E-state index contributed by atoms with van der Waals surface area (Å²) in [5, 5.41) is 6.65. The number of hydrogen-bond donors (Lipinski definition) is 1. The molecule has 2 aromatic carbocycles. The van der Waals surface area contributed by atoms with Crippen LogP contribution in [0.2, 0.25) is 5.02 Å². The molecule has 2 unspecified atom stereocenters. The second-order valence-electron chi connectivity index (χ2n) is 7.38. The average Bonchev–Trinajstić information content (AvgIpc) is 2.61. The van der Waals surface area contributed by atoms with E-state index in [0.29, 0.717) is 11.8 Å². The first-order valence-corrected chi connectivity index (χ1v) is 9.43. The normalized spacial score (nSPS) is 21.7. The summed E-state index contributed by atoms with van der Waals surface area (Å²) in [6.07, 6.45) is 3.50. The quantitative estimate of drug-likeness (QED) is 0.879. The van der Waals surface area contributed by atoms with Crippen LogP contribution in [0.3, 0.4) is 0 Å². The van der Waals surface area contributed by atoms with Crippen LogP contribution >= 0.6 is 11.6 Å². The van der Waals surface area contributed by atoms with Crippen molar-refractivity contribution >= 4 is 29.2 Å². The summed E-state index contributed by atoms with van der Waals surface area (Å²) in [7, 11) is 0. The van der Waals surface area contributed by atoms with E-state index in [-0.39, 0.29) is 6.17 Å². The third-order valence-corrected chi connectivity index (χ3v) is 5.43. The highest BCUT2D eigenvalue weighted by atomic mass is 35.5. The molecule has 2 aromatic rings. The minimum atomic E-state index is 0.0919. The second-order valence-corrected chi connectivity index (χ2v) is 7.82. The Kier molecular flexibility index (Phi) is 4.20. The fourth-order valence-corrected chi connectivity index (χ4v) is 3.95. The molecule has 0 aromatic heterocycles. The van der Waals surface area contributed by atoms with Gasteiger partial charge in [0, 0.05) is 39.9 Å². The van der Waals surface area contributed by atoms with Crippen LogP contribution in [0.15, 0.2) is 41.4 Å². The molecule has 0 fully saturated rings. The van der Waals surface area contributed by atoms with Crippen molar-refractivity contribution in [2.45, 2.75) is 39.3 Å². The smallest absolute Gasteiger partial charge is 0.128 e. The Labute approximate surface area is 154 Å². The molecule has 4 heteroatoms. The molecule has 0 bridgehead atoms. The maximum atomic E-state index is 6.07. The van der Waals surface area contributed by atoms with Crippen molar-refractivity contribution in [1.29, 1.82) is 0 Å². The minimum absolute atomic E-state index is 0.0919. The Morgan fingerprint density at radius 2 is 1.92 bits per heavy atom. The van der Waals surface area contributed by atoms with Crippen LogP contribution in [0.1, 0.15) is 38.7 Å². The van der Waals surface area contributed by atoms with Crippen LogP contribution in [0, 0.1) is 5.92 Å². The first kappa shape index (κ1) is 16.5. The Bertz CT molecular complexity index is 902. The van der Waals surface area contributed by atoms with Crippen molar-refractivity contribution in [2.75, 3.05) is 16.8 Å². The number of nitrogens with zero attached hydrogens (tertiary/aromatic N) is 2. The van der Waals surface area contributed by atoms with Gasteiger partial charge in [0.2, 0.25) is 0 Å². The van der Waals surface area contributed by atoms with Gasteiger partial charge in [-0.1, -0.05) is 32.4 Å². The minimum Gasteiger partial charge on any atom is -0.385 e. The molecule has 0 saturated carbocycles. The van der Waals surface area contributed by atoms with Crippen molar-refractivity contribution in [3.63, 3.8) is 0 Å². The molecule has 0 spiro atoms. The van der Waals surface area contributed by atoms with Crippen LogP contribution < -0.4 is 20.8 Å². The second kappa shape index (κ2) is 6.38. The zero-order valence-electron chi connectivity index (χ0n) is 15.0. The van der Waals surface area contributed by atoms with E-state index < -0.39 is 0 Å². The first-order valence-electron chi connectivity index (χ1n) is 9.05. The van der Waals surface area contributed by atoms with Crippen molar-refractivity contribution in [1.82, 2.24) is 0 Å². The van der Waals surface area contributed by atoms with Gasteiger partial charge in [-0.25, -0.2) is 0 Å². The van der Waals surface area contributed by atoms with E-state index >= 15 is 0 Å². The lowest BCUT2D eigenvalue weighted by Crippen LogP contribution is -2.46. The molecular weight excluding hydrogens is 330 g/mol. The predicted molar refractivity (Wildman–Crippen MR) is 106 cm³/mol. The first-order chi connectivity index (χ1) is 12.0. The van der Waals surface area contributed by atoms with E-state index in [0.717, 1.165) is 23.7 Å². The molecule has 4 rings (SSSR count). The predicted octanol–water partition coefficient (Wildman–Crippen LogP) is 4.12. The van der Waals surface area contributed by atoms with Gasteiger partial charge in [-0.3, -0.25) is 4.99 Å². The lowest BCUT2D eigenvalue weighted by Gasteiger charge is -2.34. The summed E-state index contributed by atoms with van der Waals surface area (Å²) < 4.78 is 0. The number of hydrogen-bond acceptors (Lipinski definition) is 3. The highest BCUT2D eigenvalue weighted by Gasteiger charge is 2.26. The largest absolute Gasteiger partial charge is 0.385 e.